The number of carbonyl (C=O) groups is 2. The highest BCUT2D eigenvalue weighted by atomic mass is 35.6. The van der Waals surface area contributed by atoms with E-state index in [0.29, 0.717) is 30.5 Å². The number of alkyl halides is 3. The second-order valence-electron chi connectivity index (χ2n) is 10.6. The fourth-order valence-corrected chi connectivity index (χ4v) is 7.64. The Labute approximate surface area is 206 Å². The van der Waals surface area contributed by atoms with Crippen LogP contribution >= 0.6 is 34.8 Å². The van der Waals surface area contributed by atoms with E-state index in [0.717, 1.165) is 38.5 Å². The van der Waals surface area contributed by atoms with Gasteiger partial charge in [-0.25, -0.2) is 0 Å². The third-order valence-corrected chi connectivity index (χ3v) is 9.30. The van der Waals surface area contributed by atoms with Crippen LogP contribution in [0.4, 0.5) is 0 Å². The summed E-state index contributed by atoms with van der Waals surface area (Å²) in [6, 6.07) is 0. The third kappa shape index (κ3) is 4.08. The average Bonchev–Trinajstić information content (AvgIpc) is 3.22. The zero-order chi connectivity index (χ0) is 23.4. The van der Waals surface area contributed by atoms with Crippen LogP contribution in [0.3, 0.4) is 0 Å². The van der Waals surface area contributed by atoms with E-state index in [4.69, 9.17) is 39.5 Å². The smallest absolute Gasteiger partial charge is 0.306 e. The molecule has 2 saturated carbocycles. The van der Waals surface area contributed by atoms with E-state index >= 15 is 0 Å². The van der Waals surface area contributed by atoms with Crippen molar-refractivity contribution < 1.29 is 19.1 Å². The Balaban J connectivity index is 0.000000307. The molecular formula is C25H33Cl3O4. The van der Waals surface area contributed by atoms with Gasteiger partial charge in [-0.3, -0.25) is 9.59 Å². The Hall–Kier alpha value is -0.550. The molecule has 3 fully saturated rings. The second kappa shape index (κ2) is 8.59. The summed E-state index contributed by atoms with van der Waals surface area (Å²) >= 11 is 15.7. The number of hydrogen-bond acceptors (Lipinski definition) is 4. The first-order chi connectivity index (χ1) is 14.9. The molecule has 0 aromatic heterocycles. The Morgan fingerprint density at radius 3 is 2.44 bits per heavy atom. The van der Waals surface area contributed by atoms with Crippen molar-refractivity contribution in [3.63, 3.8) is 0 Å². The van der Waals surface area contributed by atoms with Gasteiger partial charge in [0.25, 0.3) is 0 Å². The molecule has 7 heteroatoms. The highest BCUT2D eigenvalue weighted by Crippen LogP contribution is 2.67. The summed E-state index contributed by atoms with van der Waals surface area (Å²) in [6.07, 6.45) is 13.1. The molecule has 32 heavy (non-hydrogen) atoms. The number of esters is 1. The van der Waals surface area contributed by atoms with Crippen molar-refractivity contribution in [3.8, 4) is 0 Å². The van der Waals surface area contributed by atoms with Gasteiger partial charge in [0.2, 0.25) is 3.79 Å². The fourth-order valence-electron chi connectivity index (χ4n) is 7.31. The maximum atomic E-state index is 11.9. The molecule has 0 N–H and O–H groups in total. The molecule has 5 atom stereocenters. The number of methoxy groups -OCH3 is 1. The van der Waals surface area contributed by atoms with E-state index in [1.165, 1.54) is 19.1 Å². The van der Waals surface area contributed by atoms with Gasteiger partial charge in [-0.15, -0.1) is 0 Å². The predicted molar refractivity (Wildman–Crippen MR) is 127 cm³/mol. The first kappa shape index (κ1) is 24.6. The lowest BCUT2D eigenvalue weighted by atomic mass is 9.50. The summed E-state index contributed by atoms with van der Waals surface area (Å²) in [6.45, 7) is 4.89. The van der Waals surface area contributed by atoms with Crippen molar-refractivity contribution in [3.05, 3.63) is 23.3 Å². The van der Waals surface area contributed by atoms with Crippen LogP contribution in [-0.4, -0.2) is 34.9 Å². The number of carbonyl (C=O) groups excluding carboxylic acids is 2. The minimum atomic E-state index is -1.26. The van der Waals surface area contributed by atoms with Gasteiger partial charge in [-0.2, -0.15) is 0 Å². The van der Waals surface area contributed by atoms with Crippen molar-refractivity contribution in [1.29, 1.82) is 0 Å². The molecule has 1 heterocycles. The molecule has 4 nitrogen and oxygen atoms in total. The number of ether oxygens (including phenoxy) is 2. The van der Waals surface area contributed by atoms with Crippen LogP contribution in [0, 0.1) is 22.7 Å². The predicted octanol–water partition coefficient (Wildman–Crippen LogP) is 6.52. The lowest BCUT2D eigenvalue weighted by Gasteiger charge is -2.54. The monoisotopic (exact) mass is 502 g/mol. The third-order valence-electron chi connectivity index (χ3n) is 8.98. The molecule has 5 rings (SSSR count). The summed E-state index contributed by atoms with van der Waals surface area (Å²) < 4.78 is 9.24. The molecule has 0 amide bonds. The molecular weight excluding hydrogens is 471 g/mol. The number of rotatable bonds is 1. The molecule has 0 aromatic carbocycles. The SMILES string of the molecule is CC12CCC(=O)C=C1CCC1C2=CCC2(C)C1CC[C@@]21CCC(=O)O1.COCC(Cl)(Cl)Cl. The molecule has 178 valence electrons. The minimum absolute atomic E-state index is 0.00303. The van der Waals surface area contributed by atoms with Crippen molar-refractivity contribution in [1.82, 2.24) is 0 Å². The summed E-state index contributed by atoms with van der Waals surface area (Å²) in [7, 11) is 1.47. The summed E-state index contributed by atoms with van der Waals surface area (Å²) in [5.41, 5.74) is 2.95. The van der Waals surface area contributed by atoms with Crippen LogP contribution in [0.15, 0.2) is 23.3 Å². The van der Waals surface area contributed by atoms with Crippen molar-refractivity contribution in [2.75, 3.05) is 13.7 Å². The van der Waals surface area contributed by atoms with Crippen LogP contribution in [-0.2, 0) is 19.1 Å². The van der Waals surface area contributed by atoms with Crippen LogP contribution < -0.4 is 0 Å². The van der Waals surface area contributed by atoms with Crippen LogP contribution in [0.25, 0.3) is 0 Å². The average molecular weight is 504 g/mol. The standard InChI is InChI=1S/C22H28O3.C3H5Cl3O/c1-20-9-5-15(23)13-14(20)3-4-16-17(20)6-10-21(2)18(16)7-11-22(21)12-8-19(24)25-22;1-7-2-3(4,5)6/h6,13,16,18H,3-5,7-12H2,1-2H3;2H2,1H3/t16?,18?,20?,21?,22-;/m1./s1. The van der Waals surface area contributed by atoms with E-state index in [2.05, 4.69) is 24.7 Å². The van der Waals surface area contributed by atoms with Gasteiger partial charge < -0.3 is 9.47 Å². The highest BCUT2D eigenvalue weighted by Gasteiger charge is 2.65. The lowest BCUT2D eigenvalue weighted by Crippen LogP contribution is -2.50. The van der Waals surface area contributed by atoms with Gasteiger partial charge in [0, 0.05) is 30.8 Å². The van der Waals surface area contributed by atoms with Gasteiger partial charge in [-0.05, 0) is 62.9 Å². The molecule has 4 aliphatic carbocycles. The zero-order valence-corrected chi connectivity index (χ0v) is 21.4. The largest absolute Gasteiger partial charge is 0.458 e. The minimum Gasteiger partial charge on any atom is -0.458 e. The van der Waals surface area contributed by atoms with E-state index in [1.54, 1.807) is 5.57 Å². The van der Waals surface area contributed by atoms with Crippen LogP contribution in [0.2, 0.25) is 0 Å². The molecule has 1 spiro atoms. The topological polar surface area (TPSA) is 52.6 Å². The first-order valence-corrected chi connectivity index (χ1v) is 12.8. The van der Waals surface area contributed by atoms with Crippen LogP contribution in [0.5, 0.6) is 0 Å². The number of hydrogen-bond donors (Lipinski definition) is 0. The molecule has 0 bridgehead atoms. The molecule has 4 unspecified atom stereocenters. The lowest BCUT2D eigenvalue weighted by molar-refractivity contribution is -0.160. The Morgan fingerprint density at radius 1 is 1.09 bits per heavy atom. The van der Waals surface area contributed by atoms with E-state index in [-0.39, 0.29) is 29.0 Å². The fraction of sp³-hybridized carbons (Fsp3) is 0.760. The van der Waals surface area contributed by atoms with Gasteiger partial charge in [-0.1, -0.05) is 65.9 Å². The van der Waals surface area contributed by atoms with E-state index in [9.17, 15) is 9.59 Å². The molecule has 5 aliphatic rings. The van der Waals surface area contributed by atoms with Crippen molar-refractivity contribution in [2.45, 2.75) is 81.0 Å². The normalized spacial score (nSPS) is 40.4. The number of fused-ring (bicyclic) bond motifs is 6. The summed E-state index contributed by atoms with van der Waals surface area (Å²) in [5.74, 6) is 1.54. The van der Waals surface area contributed by atoms with Crippen molar-refractivity contribution in [2.24, 2.45) is 22.7 Å². The van der Waals surface area contributed by atoms with Gasteiger partial charge in [0.15, 0.2) is 5.78 Å². The maximum Gasteiger partial charge on any atom is 0.306 e. The van der Waals surface area contributed by atoms with Crippen molar-refractivity contribution >= 4 is 46.6 Å². The van der Waals surface area contributed by atoms with Gasteiger partial charge in [0.1, 0.15) is 5.60 Å². The molecule has 0 radical (unpaired) electrons. The number of allylic oxidation sites excluding steroid dienone is 4. The first-order valence-electron chi connectivity index (χ1n) is 11.7. The second-order valence-corrected chi connectivity index (χ2v) is 13.1. The quantitative estimate of drug-likeness (QED) is 0.232. The molecule has 0 aromatic rings. The van der Waals surface area contributed by atoms with Crippen LogP contribution in [0.1, 0.15) is 71.6 Å². The highest BCUT2D eigenvalue weighted by molar-refractivity contribution is 6.67. The Bertz CT molecular complexity index is 860. The number of ketones is 1. The summed E-state index contributed by atoms with van der Waals surface area (Å²) in [5, 5.41) is 0. The van der Waals surface area contributed by atoms with Gasteiger partial charge >= 0.3 is 5.97 Å². The van der Waals surface area contributed by atoms with E-state index in [1.807, 2.05) is 6.08 Å². The summed E-state index contributed by atoms with van der Waals surface area (Å²) in [4.78, 5) is 23.8. The Kier molecular flexibility index (Phi) is 6.60. The number of halogens is 3. The molecule has 1 saturated heterocycles. The maximum absolute atomic E-state index is 11.9. The molecule has 1 aliphatic heterocycles. The van der Waals surface area contributed by atoms with Gasteiger partial charge in [0.05, 0.1) is 6.61 Å². The zero-order valence-electron chi connectivity index (χ0n) is 19.1. The Morgan fingerprint density at radius 2 is 1.84 bits per heavy atom. The van der Waals surface area contributed by atoms with E-state index < -0.39 is 3.79 Å².